The highest BCUT2D eigenvalue weighted by atomic mass is 16.4. The zero-order chi connectivity index (χ0) is 11.1. The van der Waals surface area contributed by atoms with E-state index in [-0.39, 0.29) is 12.8 Å². The minimum Gasteiger partial charge on any atom is -0.480 e. The monoisotopic (exact) mass is 190 g/mol. The maximum atomic E-state index is 10.6. The van der Waals surface area contributed by atoms with Crippen LogP contribution in [-0.4, -0.2) is 29.1 Å². The van der Waals surface area contributed by atoms with Crippen LogP contribution in [-0.2, 0) is 9.59 Å². The molecular weight excluding hydrogens is 178 g/mol. The second-order valence-electron chi connectivity index (χ2n) is 2.37. The molecule has 0 rings (SSSR count). The van der Waals surface area contributed by atoms with Crippen LogP contribution in [0.3, 0.4) is 0 Å². The maximum Gasteiger partial charge on any atom is 0.326 e. The van der Waals surface area contributed by atoms with Crippen LogP contribution in [0.2, 0.25) is 1.41 Å². The second kappa shape index (κ2) is 4.96. The zero-order valence-corrected chi connectivity index (χ0v) is 6.74. The van der Waals surface area contributed by atoms with E-state index in [0.717, 1.165) is 0 Å². The fourth-order valence-electron chi connectivity index (χ4n) is 0.702. The van der Waals surface area contributed by atoms with E-state index in [1.807, 2.05) is 5.32 Å². The Kier molecular flexibility index (Phi) is 3.55. The number of carbonyl (C=O) groups is 3. The molecule has 0 fully saturated rings. The van der Waals surface area contributed by atoms with Gasteiger partial charge in [-0.1, -0.05) is 0 Å². The predicted molar refractivity (Wildman–Crippen MR) is 42.6 cm³/mol. The molecule has 0 heterocycles. The van der Waals surface area contributed by atoms with Gasteiger partial charge >= 0.3 is 12.0 Å². The molecule has 0 aromatic heterocycles. The third-order valence-electron chi connectivity index (χ3n) is 1.28. The summed E-state index contributed by atoms with van der Waals surface area (Å²) < 4.78 is 6.41. The molecule has 0 aromatic carbocycles. The van der Waals surface area contributed by atoms with Crippen molar-refractivity contribution in [3.63, 3.8) is 0 Å². The largest absolute Gasteiger partial charge is 0.480 e. The summed E-state index contributed by atoms with van der Waals surface area (Å²) in [6.07, 6.45) is -0.243. The molecule has 0 aromatic rings. The molecule has 0 saturated heterocycles. The number of carbonyl (C=O) groups excluding carboxylic acids is 2. The highest BCUT2D eigenvalue weighted by Crippen LogP contribution is 1.96. The van der Waals surface area contributed by atoms with Gasteiger partial charge in [0.15, 0.2) is 1.41 Å². The van der Waals surface area contributed by atoms with E-state index in [0.29, 0.717) is 0 Å². The molecule has 0 radical (unpaired) electrons. The van der Waals surface area contributed by atoms with Crippen molar-refractivity contribution >= 4 is 17.9 Å². The summed E-state index contributed by atoms with van der Waals surface area (Å²) in [4.78, 5) is 31.4. The number of nitrogens with two attached hydrogens (primary N) is 2. The summed E-state index contributed by atoms with van der Waals surface area (Å²) in [6.45, 7) is 0. The lowest BCUT2D eigenvalue weighted by Gasteiger charge is -2.10. The summed E-state index contributed by atoms with van der Waals surface area (Å²) in [7, 11) is 0. The topological polar surface area (TPSA) is 136 Å². The van der Waals surface area contributed by atoms with Gasteiger partial charge in [0.05, 0.1) is 0 Å². The summed E-state index contributed by atoms with van der Waals surface area (Å²) in [5.41, 5.74) is 6.27. The molecule has 0 aliphatic carbocycles. The van der Waals surface area contributed by atoms with Crippen molar-refractivity contribution in [2.24, 2.45) is 11.5 Å². The van der Waals surface area contributed by atoms with Crippen LogP contribution in [0.4, 0.5) is 4.79 Å². The van der Waals surface area contributed by atoms with E-state index in [1.54, 1.807) is 0 Å². The number of amides is 3. The van der Waals surface area contributed by atoms with Crippen LogP contribution in [0.5, 0.6) is 0 Å². The van der Waals surface area contributed by atoms with E-state index < -0.39 is 23.9 Å². The van der Waals surface area contributed by atoms with Gasteiger partial charge in [-0.05, 0) is 6.42 Å². The lowest BCUT2D eigenvalue weighted by atomic mass is 10.1. The third kappa shape index (κ3) is 5.48. The Labute approximate surface area is 75.5 Å². The normalized spacial score (nSPS) is 12.5. The molecule has 7 nitrogen and oxygen atoms in total. The van der Waals surface area contributed by atoms with Crippen molar-refractivity contribution in [3.05, 3.63) is 0 Å². The Bertz CT molecular complexity index is 245. The fraction of sp³-hybridized carbons (Fsp3) is 0.500. The van der Waals surface area contributed by atoms with Gasteiger partial charge in [0.2, 0.25) is 5.91 Å². The van der Waals surface area contributed by atoms with Gasteiger partial charge in [0.25, 0.3) is 0 Å². The number of aliphatic carboxylic acids is 1. The van der Waals surface area contributed by atoms with Gasteiger partial charge in [-0.2, -0.15) is 0 Å². The Morgan fingerprint density at radius 2 is 2.15 bits per heavy atom. The molecule has 0 bridgehead atoms. The molecule has 0 unspecified atom stereocenters. The maximum absolute atomic E-state index is 10.6. The van der Waals surface area contributed by atoms with E-state index >= 15 is 0 Å². The van der Waals surface area contributed by atoms with Gasteiger partial charge in [-0.25, -0.2) is 9.59 Å². The lowest BCUT2D eigenvalue weighted by Crippen LogP contribution is -2.44. The molecule has 0 spiro atoms. The molecular formula is C6H11N3O4. The van der Waals surface area contributed by atoms with Crippen LogP contribution in [0.15, 0.2) is 0 Å². The molecule has 0 aliphatic heterocycles. The number of urea groups is 1. The van der Waals surface area contributed by atoms with E-state index in [4.69, 9.17) is 12.3 Å². The van der Waals surface area contributed by atoms with E-state index in [2.05, 4.69) is 0 Å². The lowest BCUT2D eigenvalue weighted by molar-refractivity contribution is -0.139. The highest BCUT2D eigenvalue weighted by Gasteiger charge is 2.18. The highest BCUT2D eigenvalue weighted by molar-refractivity contribution is 5.82. The Morgan fingerprint density at radius 1 is 1.54 bits per heavy atom. The van der Waals surface area contributed by atoms with Crippen LogP contribution in [0.25, 0.3) is 0 Å². The van der Waals surface area contributed by atoms with Crippen LogP contribution < -0.4 is 16.8 Å². The Hall–Kier alpha value is -1.79. The summed E-state index contributed by atoms with van der Waals surface area (Å²) in [5.74, 6) is -1.93. The van der Waals surface area contributed by atoms with Crippen molar-refractivity contribution < 1.29 is 20.9 Å². The Balaban J connectivity index is 4.09. The average Bonchev–Trinajstić information content (AvgIpc) is 2.10. The molecule has 6 N–H and O–H groups in total. The van der Waals surface area contributed by atoms with Gasteiger partial charge < -0.3 is 21.9 Å². The SMILES string of the molecule is [2H]NC(=O)N[C@@H](CCC(N)=O)C(=O)O. The average molecular weight is 190 g/mol. The first kappa shape index (κ1) is 9.30. The van der Waals surface area contributed by atoms with Crippen molar-refractivity contribution in [1.29, 1.82) is 0 Å². The molecule has 1 atom stereocenters. The zero-order valence-electron chi connectivity index (χ0n) is 7.74. The number of carboxylic acid groups (broad SMARTS) is 1. The minimum atomic E-state index is -1.28. The van der Waals surface area contributed by atoms with Crippen molar-refractivity contribution in [3.8, 4) is 0 Å². The first-order valence-electron chi connectivity index (χ1n) is 3.96. The third-order valence-corrected chi connectivity index (χ3v) is 1.28. The number of hydrogen-bond acceptors (Lipinski definition) is 3. The first-order chi connectivity index (χ1) is 6.47. The fourth-order valence-corrected chi connectivity index (χ4v) is 0.702. The standard InChI is InChI=1S/C6H11N3O4/c7-4(10)2-1-3(5(11)12)9-6(8)13/h3H,1-2H2,(H2,7,10)(H,11,12)(H3,8,9,13)/t3-/m0/s1/i/hD. The van der Waals surface area contributed by atoms with E-state index in [9.17, 15) is 14.4 Å². The predicted octanol–water partition coefficient (Wildman–Crippen LogP) is -1.63. The molecule has 3 amide bonds. The number of hydrogen-bond donors (Lipinski definition) is 4. The first-order valence-corrected chi connectivity index (χ1v) is 3.46. The summed E-state index contributed by atoms with van der Waals surface area (Å²) >= 11 is 0. The molecule has 7 heteroatoms. The molecule has 74 valence electrons. The van der Waals surface area contributed by atoms with Gasteiger partial charge in [0.1, 0.15) is 6.04 Å². The van der Waals surface area contributed by atoms with Gasteiger partial charge in [0, 0.05) is 6.42 Å². The van der Waals surface area contributed by atoms with Crippen molar-refractivity contribution in [2.75, 3.05) is 0 Å². The summed E-state index contributed by atoms with van der Waals surface area (Å²) in [6, 6.07) is -2.16. The van der Waals surface area contributed by atoms with Gasteiger partial charge in [-0.3, -0.25) is 4.79 Å². The molecule has 13 heavy (non-hydrogen) atoms. The number of nitrogens with one attached hydrogen (secondary N) is 1. The number of carboxylic acids is 1. The van der Waals surface area contributed by atoms with Crippen LogP contribution in [0, 0.1) is 0 Å². The van der Waals surface area contributed by atoms with Crippen molar-refractivity contribution in [1.82, 2.24) is 5.32 Å². The smallest absolute Gasteiger partial charge is 0.326 e. The number of primary amides is 2. The number of rotatable bonds is 5. The second-order valence-corrected chi connectivity index (χ2v) is 2.37. The van der Waals surface area contributed by atoms with Crippen LogP contribution >= 0.6 is 0 Å². The van der Waals surface area contributed by atoms with Crippen LogP contribution in [0.1, 0.15) is 12.8 Å². The van der Waals surface area contributed by atoms with E-state index in [1.165, 1.54) is 5.73 Å². The van der Waals surface area contributed by atoms with Gasteiger partial charge in [-0.15, -0.1) is 0 Å². The Morgan fingerprint density at radius 3 is 2.54 bits per heavy atom. The van der Waals surface area contributed by atoms with Crippen molar-refractivity contribution in [2.45, 2.75) is 18.9 Å². The minimum absolute atomic E-state index is 0.0991. The summed E-state index contributed by atoms with van der Waals surface area (Å²) in [5, 5.41) is 10.6. The quantitative estimate of drug-likeness (QED) is 0.414. The molecule has 0 aliphatic rings. The molecule has 0 saturated carbocycles.